The van der Waals surface area contributed by atoms with Crippen molar-refractivity contribution in [1.29, 1.82) is 0 Å². The van der Waals surface area contributed by atoms with Crippen LogP contribution < -0.4 is 0 Å². The maximum atomic E-state index is 12.5. The molecule has 2 aromatic rings. The summed E-state index contributed by atoms with van der Waals surface area (Å²) in [6.07, 6.45) is 1.95. The molecule has 2 aromatic carbocycles. The molecule has 1 fully saturated rings. The van der Waals surface area contributed by atoms with Crippen LogP contribution in [0.25, 0.3) is 0 Å². The fraction of sp³-hybridized carbons (Fsp3) is 0.350. The molecule has 0 saturated carbocycles. The molecule has 1 saturated heterocycles. The van der Waals surface area contributed by atoms with Crippen LogP contribution in [0.4, 0.5) is 0 Å². The third-order valence-electron chi connectivity index (χ3n) is 5.19. The molecular weight excluding hydrogens is 270 g/mol. The number of carbonyl (C=O) groups excluding carboxylic acids is 1. The molecule has 2 atom stereocenters. The van der Waals surface area contributed by atoms with Gasteiger partial charge in [0.2, 0.25) is 5.91 Å². The normalized spacial score (nSPS) is 27.9. The number of likely N-dealkylation sites (tertiary alicyclic amines) is 1. The molecule has 0 spiro atoms. The molecule has 114 valence electrons. The smallest absolute Gasteiger partial charge is 0.220 e. The predicted molar refractivity (Wildman–Crippen MR) is 89.3 cm³/mol. The highest BCUT2D eigenvalue weighted by Gasteiger charge is 2.52. The van der Waals surface area contributed by atoms with Crippen LogP contribution in [0.1, 0.15) is 44.7 Å². The molecule has 22 heavy (non-hydrogen) atoms. The maximum Gasteiger partial charge on any atom is 0.220 e. The van der Waals surface area contributed by atoms with E-state index >= 15 is 0 Å². The molecule has 0 N–H and O–H groups in total. The van der Waals surface area contributed by atoms with Gasteiger partial charge in [-0.15, -0.1) is 0 Å². The minimum atomic E-state index is -0.252. The Morgan fingerprint density at radius 1 is 0.818 bits per heavy atom. The van der Waals surface area contributed by atoms with Gasteiger partial charge in [-0.1, -0.05) is 60.7 Å². The van der Waals surface area contributed by atoms with Crippen molar-refractivity contribution in [2.45, 2.75) is 44.7 Å². The second-order valence-corrected chi connectivity index (χ2v) is 6.63. The van der Waals surface area contributed by atoms with Crippen LogP contribution in [0.2, 0.25) is 0 Å². The van der Waals surface area contributed by atoms with E-state index in [0.29, 0.717) is 0 Å². The Morgan fingerprint density at radius 2 is 1.18 bits per heavy atom. The molecule has 3 rings (SSSR count). The number of amides is 1. The molecule has 0 aromatic heterocycles. The summed E-state index contributed by atoms with van der Waals surface area (Å²) in [7, 11) is 0. The predicted octanol–water partition coefficient (Wildman–Crippen LogP) is 4.46. The Labute approximate surface area is 132 Å². The summed E-state index contributed by atoms with van der Waals surface area (Å²) < 4.78 is 0. The largest absolute Gasteiger partial charge is 0.324 e. The molecule has 1 heterocycles. The average molecular weight is 293 g/mol. The number of benzene rings is 2. The summed E-state index contributed by atoms with van der Waals surface area (Å²) in [6, 6.07) is 20.8. The molecule has 0 aliphatic carbocycles. The van der Waals surface area contributed by atoms with E-state index in [4.69, 9.17) is 0 Å². The van der Waals surface area contributed by atoms with Gasteiger partial charge in [-0.2, -0.15) is 0 Å². The first-order valence-electron chi connectivity index (χ1n) is 7.90. The molecule has 1 aliphatic rings. The second-order valence-electron chi connectivity index (χ2n) is 6.63. The highest BCUT2D eigenvalue weighted by molar-refractivity contribution is 5.76. The van der Waals surface area contributed by atoms with Gasteiger partial charge in [0, 0.05) is 6.92 Å². The monoisotopic (exact) mass is 293 g/mol. The number of rotatable bonds is 2. The summed E-state index contributed by atoms with van der Waals surface area (Å²) >= 11 is 0. The van der Waals surface area contributed by atoms with E-state index in [-0.39, 0.29) is 17.0 Å². The Morgan fingerprint density at radius 3 is 1.50 bits per heavy atom. The van der Waals surface area contributed by atoms with Gasteiger partial charge < -0.3 is 4.90 Å². The van der Waals surface area contributed by atoms with Crippen LogP contribution in [-0.4, -0.2) is 10.8 Å². The van der Waals surface area contributed by atoms with Gasteiger partial charge in [0.05, 0.1) is 11.1 Å². The summed E-state index contributed by atoms with van der Waals surface area (Å²) in [5.41, 5.74) is 1.92. The topological polar surface area (TPSA) is 20.3 Å². The zero-order valence-corrected chi connectivity index (χ0v) is 13.5. The first-order chi connectivity index (χ1) is 10.5. The fourth-order valence-electron chi connectivity index (χ4n) is 4.09. The maximum absolute atomic E-state index is 12.5. The lowest BCUT2D eigenvalue weighted by Gasteiger charge is -2.44. The molecular formula is C20H23NO. The minimum absolute atomic E-state index is 0.134. The molecule has 2 heteroatoms. The molecule has 1 aliphatic heterocycles. The quantitative estimate of drug-likeness (QED) is 0.800. The van der Waals surface area contributed by atoms with E-state index in [9.17, 15) is 4.79 Å². The third-order valence-corrected chi connectivity index (χ3v) is 5.19. The molecule has 0 unspecified atom stereocenters. The van der Waals surface area contributed by atoms with Crippen LogP contribution in [0.5, 0.6) is 0 Å². The highest BCUT2D eigenvalue weighted by atomic mass is 16.2. The van der Waals surface area contributed by atoms with Gasteiger partial charge in [-0.25, -0.2) is 0 Å². The number of hydrogen-bond donors (Lipinski definition) is 0. The zero-order chi connectivity index (χ0) is 15.8. The number of nitrogens with zero attached hydrogens (tertiary/aromatic N) is 1. The summed E-state index contributed by atoms with van der Waals surface area (Å²) in [4.78, 5) is 14.6. The first-order valence-corrected chi connectivity index (χ1v) is 7.90. The summed E-state index contributed by atoms with van der Waals surface area (Å²) in [6.45, 7) is 6.07. The first kappa shape index (κ1) is 14.8. The van der Waals surface area contributed by atoms with Crippen molar-refractivity contribution in [1.82, 2.24) is 4.90 Å². The van der Waals surface area contributed by atoms with Crippen molar-refractivity contribution in [3.05, 3.63) is 71.8 Å². The van der Waals surface area contributed by atoms with E-state index in [1.165, 1.54) is 11.1 Å². The van der Waals surface area contributed by atoms with Gasteiger partial charge in [-0.05, 0) is 37.8 Å². The van der Waals surface area contributed by atoms with Crippen LogP contribution in [0.3, 0.4) is 0 Å². The van der Waals surface area contributed by atoms with Crippen molar-refractivity contribution < 1.29 is 4.79 Å². The Balaban J connectivity index is 2.11. The molecule has 0 bridgehead atoms. The van der Waals surface area contributed by atoms with E-state index < -0.39 is 0 Å². The van der Waals surface area contributed by atoms with Crippen LogP contribution in [0, 0.1) is 0 Å². The second kappa shape index (κ2) is 5.28. The summed E-state index contributed by atoms with van der Waals surface area (Å²) in [5, 5.41) is 0. The minimum Gasteiger partial charge on any atom is -0.324 e. The Kier molecular flexibility index (Phi) is 3.56. The van der Waals surface area contributed by atoms with Gasteiger partial charge in [0.15, 0.2) is 0 Å². The fourth-order valence-corrected chi connectivity index (χ4v) is 4.09. The van der Waals surface area contributed by atoms with Gasteiger partial charge in [0.1, 0.15) is 0 Å². The van der Waals surface area contributed by atoms with E-state index in [0.717, 1.165) is 12.8 Å². The van der Waals surface area contributed by atoms with Crippen molar-refractivity contribution in [2.75, 3.05) is 0 Å². The van der Waals surface area contributed by atoms with Crippen molar-refractivity contribution in [2.24, 2.45) is 0 Å². The Hall–Kier alpha value is -2.09. The van der Waals surface area contributed by atoms with E-state index in [2.05, 4.69) is 67.3 Å². The van der Waals surface area contributed by atoms with Crippen molar-refractivity contribution in [3.8, 4) is 0 Å². The lowest BCUT2D eigenvalue weighted by molar-refractivity contribution is -0.139. The van der Waals surface area contributed by atoms with Crippen molar-refractivity contribution >= 4 is 5.91 Å². The molecule has 2 nitrogen and oxygen atoms in total. The summed E-state index contributed by atoms with van der Waals surface area (Å²) in [5.74, 6) is 0.134. The number of hydrogen-bond acceptors (Lipinski definition) is 1. The lowest BCUT2D eigenvalue weighted by atomic mass is 9.89. The highest BCUT2D eigenvalue weighted by Crippen LogP contribution is 2.51. The van der Waals surface area contributed by atoms with Gasteiger partial charge in [-0.3, -0.25) is 4.79 Å². The molecule has 0 radical (unpaired) electrons. The zero-order valence-electron chi connectivity index (χ0n) is 13.5. The van der Waals surface area contributed by atoms with Gasteiger partial charge >= 0.3 is 0 Å². The SMILES string of the molecule is CC(=O)N1[C@](C)(c2ccccc2)CC[C@@]1(C)c1ccccc1. The van der Waals surface area contributed by atoms with E-state index in [1.54, 1.807) is 6.92 Å². The van der Waals surface area contributed by atoms with Crippen LogP contribution in [0.15, 0.2) is 60.7 Å². The molecule has 1 amide bonds. The van der Waals surface area contributed by atoms with Crippen LogP contribution >= 0.6 is 0 Å². The van der Waals surface area contributed by atoms with E-state index in [1.807, 2.05) is 12.1 Å². The lowest BCUT2D eigenvalue weighted by Crippen LogP contribution is -2.50. The Bertz CT molecular complexity index is 613. The van der Waals surface area contributed by atoms with Crippen molar-refractivity contribution in [3.63, 3.8) is 0 Å². The average Bonchev–Trinajstić information content (AvgIpc) is 2.83. The number of carbonyl (C=O) groups is 1. The third kappa shape index (κ3) is 2.14. The van der Waals surface area contributed by atoms with Crippen LogP contribution in [-0.2, 0) is 15.9 Å². The standard InChI is InChI=1S/C20H23NO/c1-16(22)21-19(2,17-10-6-4-7-11-17)14-15-20(21,3)18-12-8-5-9-13-18/h4-13H,14-15H2,1-3H3/t19-,20-/m0/s1. The van der Waals surface area contributed by atoms with Gasteiger partial charge in [0.25, 0.3) is 0 Å².